The molecule has 3 N–H and O–H groups in total. The van der Waals surface area contributed by atoms with Crippen LogP contribution in [0.3, 0.4) is 0 Å². The van der Waals surface area contributed by atoms with E-state index < -0.39 is 5.60 Å². The molecule has 0 aliphatic carbocycles. The minimum absolute atomic E-state index is 0.0921. The normalized spacial score (nSPS) is 11.5. The smallest absolute Gasteiger partial charge is 0.120 e. The Bertz CT molecular complexity index is 1020. The fraction of sp³-hybridized carbons (Fsp3) is 0.333. The van der Waals surface area contributed by atoms with Gasteiger partial charge in [0.25, 0.3) is 0 Å². The van der Waals surface area contributed by atoms with E-state index >= 15 is 0 Å². The van der Waals surface area contributed by atoms with Crippen molar-refractivity contribution in [3.8, 4) is 16.9 Å². The number of aryl methyl sites for hydroxylation is 1. The van der Waals surface area contributed by atoms with Crippen molar-refractivity contribution in [2.75, 3.05) is 0 Å². The van der Waals surface area contributed by atoms with Crippen LogP contribution in [0.25, 0.3) is 11.1 Å². The zero-order valence-electron chi connectivity index (χ0n) is 18.6. The summed E-state index contributed by atoms with van der Waals surface area (Å²) in [5, 5.41) is 29.7. The zero-order valence-corrected chi connectivity index (χ0v) is 18.6. The molecule has 0 amide bonds. The van der Waals surface area contributed by atoms with E-state index in [0.29, 0.717) is 25.0 Å². The molecule has 0 aliphatic heterocycles. The molecule has 0 fully saturated rings. The van der Waals surface area contributed by atoms with Gasteiger partial charge in [-0.05, 0) is 76.9 Å². The lowest BCUT2D eigenvalue weighted by atomic mass is 9.84. The Kier molecular flexibility index (Phi) is 7.50. The van der Waals surface area contributed by atoms with Crippen LogP contribution in [-0.4, -0.2) is 15.3 Å². The Balaban J connectivity index is 1.78. The van der Waals surface area contributed by atoms with Gasteiger partial charge in [-0.2, -0.15) is 0 Å². The van der Waals surface area contributed by atoms with Crippen LogP contribution in [0.15, 0.2) is 60.7 Å². The van der Waals surface area contributed by atoms with E-state index in [1.165, 1.54) is 0 Å². The van der Waals surface area contributed by atoms with Crippen molar-refractivity contribution in [1.29, 1.82) is 0 Å². The van der Waals surface area contributed by atoms with E-state index in [9.17, 15) is 15.3 Å². The van der Waals surface area contributed by atoms with Crippen LogP contribution in [0, 0.1) is 6.92 Å². The number of hydrogen-bond acceptors (Lipinski definition) is 4. The van der Waals surface area contributed by atoms with E-state index in [1.54, 1.807) is 0 Å². The number of aliphatic hydroxyl groups excluding tert-OH is 2. The van der Waals surface area contributed by atoms with E-state index in [4.69, 9.17) is 4.74 Å². The van der Waals surface area contributed by atoms with Gasteiger partial charge in [-0.15, -0.1) is 0 Å². The highest BCUT2D eigenvalue weighted by Crippen LogP contribution is 2.34. The van der Waals surface area contributed by atoms with Crippen LogP contribution >= 0.6 is 0 Å². The second-order valence-corrected chi connectivity index (χ2v) is 8.00. The molecule has 0 unspecified atom stereocenters. The molecular formula is C27H32O4. The van der Waals surface area contributed by atoms with Gasteiger partial charge in [0.15, 0.2) is 0 Å². The zero-order chi connectivity index (χ0) is 22.4. The van der Waals surface area contributed by atoms with Gasteiger partial charge in [-0.1, -0.05) is 56.3 Å². The molecule has 0 bridgehead atoms. The quantitative estimate of drug-likeness (QED) is 0.443. The minimum Gasteiger partial charge on any atom is -0.489 e. The SMILES string of the molecule is CCC(O)(CC)c1ccc(-c2cccc(OCc3ccc(CO)c(CO)c3)c2)cc1C. The van der Waals surface area contributed by atoms with Crippen LogP contribution < -0.4 is 4.74 Å². The summed E-state index contributed by atoms with van der Waals surface area (Å²) in [6, 6.07) is 19.7. The van der Waals surface area contributed by atoms with Crippen molar-refractivity contribution in [2.24, 2.45) is 0 Å². The van der Waals surface area contributed by atoms with E-state index in [0.717, 1.165) is 39.1 Å². The maximum atomic E-state index is 10.9. The number of hydrogen-bond donors (Lipinski definition) is 3. The number of aliphatic hydroxyl groups is 3. The van der Waals surface area contributed by atoms with Gasteiger partial charge in [0, 0.05) is 0 Å². The standard InChI is InChI=1S/C27H32O4/c1-4-27(30,5-2)26-12-11-22(13-19(26)3)21-7-6-8-25(15-21)31-18-20-9-10-23(16-28)24(14-20)17-29/h6-15,28-30H,4-5,16-18H2,1-3H3. The first-order chi connectivity index (χ1) is 14.9. The first-order valence-electron chi connectivity index (χ1n) is 10.8. The summed E-state index contributed by atoms with van der Waals surface area (Å²) < 4.78 is 5.99. The number of benzene rings is 3. The molecule has 31 heavy (non-hydrogen) atoms. The van der Waals surface area contributed by atoms with Gasteiger partial charge >= 0.3 is 0 Å². The van der Waals surface area contributed by atoms with Crippen molar-refractivity contribution < 1.29 is 20.1 Å². The average molecular weight is 421 g/mol. The van der Waals surface area contributed by atoms with Gasteiger partial charge in [0.1, 0.15) is 12.4 Å². The lowest BCUT2D eigenvalue weighted by Crippen LogP contribution is -2.24. The fourth-order valence-electron chi connectivity index (χ4n) is 4.00. The molecule has 3 aromatic carbocycles. The van der Waals surface area contributed by atoms with Crippen molar-refractivity contribution in [3.63, 3.8) is 0 Å². The maximum absolute atomic E-state index is 10.9. The summed E-state index contributed by atoms with van der Waals surface area (Å²) in [6.07, 6.45) is 1.37. The lowest BCUT2D eigenvalue weighted by Gasteiger charge is -2.28. The topological polar surface area (TPSA) is 69.9 Å². The first kappa shape index (κ1) is 23.0. The van der Waals surface area contributed by atoms with Crippen LogP contribution in [0.4, 0.5) is 0 Å². The van der Waals surface area contributed by atoms with Crippen molar-refractivity contribution in [1.82, 2.24) is 0 Å². The van der Waals surface area contributed by atoms with Crippen molar-refractivity contribution >= 4 is 0 Å². The molecule has 4 heteroatoms. The number of ether oxygens (including phenoxy) is 1. The average Bonchev–Trinajstić information content (AvgIpc) is 2.82. The molecule has 0 aromatic heterocycles. The van der Waals surface area contributed by atoms with Gasteiger partial charge in [0.2, 0.25) is 0 Å². The summed E-state index contributed by atoms with van der Waals surface area (Å²) in [4.78, 5) is 0. The van der Waals surface area contributed by atoms with Crippen LogP contribution in [0.2, 0.25) is 0 Å². The largest absolute Gasteiger partial charge is 0.489 e. The second-order valence-electron chi connectivity index (χ2n) is 8.00. The predicted molar refractivity (Wildman–Crippen MR) is 124 cm³/mol. The highest BCUT2D eigenvalue weighted by Gasteiger charge is 2.26. The van der Waals surface area contributed by atoms with Gasteiger partial charge in [-0.3, -0.25) is 0 Å². The number of rotatable bonds is 9. The Hall–Kier alpha value is -2.66. The summed E-state index contributed by atoms with van der Waals surface area (Å²) in [5.41, 5.74) is 5.79. The van der Waals surface area contributed by atoms with Crippen LogP contribution in [0.5, 0.6) is 5.75 Å². The molecule has 0 heterocycles. The third-order valence-electron chi connectivity index (χ3n) is 6.08. The Labute approximate surface area is 184 Å². The Morgan fingerprint density at radius 1 is 0.806 bits per heavy atom. The molecule has 0 radical (unpaired) electrons. The lowest BCUT2D eigenvalue weighted by molar-refractivity contribution is 0.0278. The van der Waals surface area contributed by atoms with E-state index in [-0.39, 0.29) is 13.2 Å². The molecule has 0 saturated carbocycles. The van der Waals surface area contributed by atoms with Crippen LogP contribution in [0.1, 0.15) is 54.5 Å². The third kappa shape index (κ3) is 5.16. The predicted octanol–water partition coefficient (Wildman–Crippen LogP) is 5.23. The summed E-state index contributed by atoms with van der Waals surface area (Å²) in [5.74, 6) is 0.759. The Morgan fingerprint density at radius 2 is 1.52 bits per heavy atom. The van der Waals surface area contributed by atoms with Crippen molar-refractivity contribution in [3.05, 3.63) is 88.5 Å². The van der Waals surface area contributed by atoms with E-state index in [1.807, 2.05) is 69.3 Å². The third-order valence-corrected chi connectivity index (χ3v) is 6.08. The summed E-state index contributed by atoms with van der Waals surface area (Å²) in [7, 11) is 0. The molecular weight excluding hydrogens is 388 g/mol. The second kappa shape index (κ2) is 10.1. The first-order valence-corrected chi connectivity index (χ1v) is 10.8. The molecule has 4 nitrogen and oxygen atoms in total. The summed E-state index contributed by atoms with van der Waals surface area (Å²) in [6.45, 7) is 6.24. The molecule has 0 atom stereocenters. The minimum atomic E-state index is -0.785. The van der Waals surface area contributed by atoms with Gasteiger partial charge in [-0.25, -0.2) is 0 Å². The molecule has 164 valence electrons. The van der Waals surface area contributed by atoms with Crippen LogP contribution in [-0.2, 0) is 25.4 Å². The molecule has 3 rings (SSSR count). The van der Waals surface area contributed by atoms with Gasteiger partial charge < -0.3 is 20.1 Å². The summed E-state index contributed by atoms with van der Waals surface area (Å²) >= 11 is 0. The maximum Gasteiger partial charge on any atom is 0.120 e. The van der Waals surface area contributed by atoms with E-state index in [2.05, 4.69) is 12.1 Å². The fourth-order valence-corrected chi connectivity index (χ4v) is 4.00. The molecule has 3 aromatic rings. The van der Waals surface area contributed by atoms with Crippen molar-refractivity contribution in [2.45, 2.75) is 59.0 Å². The molecule has 0 spiro atoms. The highest BCUT2D eigenvalue weighted by atomic mass is 16.5. The highest BCUT2D eigenvalue weighted by molar-refractivity contribution is 5.66. The Morgan fingerprint density at radius 3 is 2.16 bits per heavy atom. The monoisotopic (exact) mass is 420 g/mol. The molecule has 0 aliphatic rings. The van der Waals surface area contributed by atoms with Gasteiger partial charge in [0.05, 0.1) is 18.8 Å². The molecule has 0 saturated heterocycles.